The lowest BCUT2D eigenvalue weighted by Crippen LogP contribution is -2.28. The molecule has 7 heteroatoms. The lowest BCUT2D eigenvalue weighted by atomic mass is 10.0. The summed E-state index contributed by atoms with van der Waals surface area (Å²) < 4.78 is 6.97. The van der Waals surface area contributed by atoms with Crippen LogP contribution in [0.25, 0.3) is 5.69 Å². The van der Waals surface area contributed by atoms with Crippen molar-refractivity contribution in [2.75, 3.05) is 12.9 Å². The number of ketones is 1. The molecular formula is C27H23N3O3S. The number of hydrogen-bond acceptors (Lipinski definition) is 5. The molecule has 0 N–H and O–H groups in total. The first-order valence-electron chi connectivity index (χ1n) is 10.9. The molecule has 34 heavy (non-hydrogen) atoms. The molecule has 170 valence electrons. The van der Waals surface area contributed by atoms with Crippen LogP contribution in [0.2, 0.25) is 0 Å². The van der Waals surface area contributed by atoms with Gasteiger partial charge in [-0.2, -0.15) is 5.10 Å². The molecule has 6 nitrogen and oxygen atoms in total. The summed E-state index contributed by atoms with van der Waals surface area (Å²) >= 11 is 1.52. The molecule has 0 spiro atoms. The molecule has 0 radical (unpaired) electrons. The number of nitrogens with zero attached hydrogens (tertiary/aromatic N) is 3. The van der Waals surface area contributed by atoms with E-state index in [1.807, 2.05) is 83.9 Å². The van der Waals surface area contributed by atoms with Crippen molar-refractivity contribution in [1.29, 1.82) is 0 Å². The van der Waals surface area contributed by atoms with Crippen LogP contribution in [0.3, 0.4) is 0 Å². The number of carbonyl (C=O) groups excluding carboxylic acids is 2. The average molecular weight is 470 g/mol. The molecule has 2 heterocycles. The van der Waals surface area contributed by atoms with Crippen molar-refractivity contribution in [3.63, 3.8) is 0 Å². The van der Waals surface area contributed by atoms with Gasteiger partial charge in [-0.25, -0.2) is 4.68 Å². The van der Waals surface area contributed by atoms with E-state index in [2.05, 4.69) is 0 Å². The van der Waals surface area contributed by atoms with E-state index in [4.69, 9.17) is 9.84 Å². The number of thioether (sulfide) groups is 1. The van der Waals surface area contributed by atoms with Crippen LogP contribution >= 0.6 is 11.8 Å². The molecule has 5 rings (SSSR count). The highest BCUT2D eigenvalue weighted by molar-refractivity contribution is 8.00. The van der Waals surface area contributed by atoms with Crippen LogP contribution in [-0.4, -0.2) is 39.2 Å². The topological polar surface area (TPSA) is 64.4 Å². The third-order valence-corrected chi connectivity index (χ3v) is 7.00. The number of methoxy groups -OCH3 is 1. The first-order valence-corrected chi connectivity index (χ1v) is 12.0. The van der Waals surface area contributed by atoms with E-state index < -0.39 is 0 Å². The third-order valence-electron chi connectivity index (χ3n) is 5.76. The molecule has 0 aliphatic carbocycles. The molecule has 1 fully saturated rings. The molecule has 4 aromatic rings. The molecular weight excluding hydrogens is 446 g/mol. The van der Waals surface area contributed by atoms with Crippen LogP contribution in [-0.2, 0) is 11.3 Å². The highest BCUT2D eigenvalue weighted by Gasteiger charge is 2.37. The van der Waals surface area contributed by atoms with Crippen LogP contribution in [0.1, 0.15) is 32.6 Å². The first kappa shape index (κ1) is 22.0. The molecule has 1 saturated heterocycles. The fraction of sp³-hybridized carbons (Fsp3) is 0.148. The van der Waals surface area contributed by atoms with Crippen molar-refractivity contribution in [3.05, 3.63) is 114 Å². The van der Waals surface area contributed by atoms with E-state index in [1.165, 1.54) is 11.8 Å². The second-order valence-electron chi connectivity index (χ2n) is 7.94. The molecule has 1 atom stereocenters. The predicted octanol–water partition coefficient (Wildman–Crippen LogP) is 4.89. The minimum Gasteiger partial charge on any atom is -0.497 e. The summed E-state index contributed by atoms with van der Waals surface area (Å²) in [5.74, 6) is 0.990. The summed E-state index contributed by atoms with van der Waals surface area (Å²) in [6.45, 7) is 0.476. The Balaban J connectivity index is 1.57. The van der Waals surface area contributed by atoms with Crippen molar-refractivity contribution < 1.29 is 14.3 Å². The predicted molar refractivity (Wildman–Crippen MR) is 132 cm³/mol. The van der Waals surface area contributed by atoms with Crippen LogP contribution < -0.4 is 4.74 Å². The summed E-state index contributed by atoms with van der Waals surface area (Å²) in [6, 6.07) is 26.5. The zero-order valence-corrected chi connectivity index (χ0v) is 19.4. The second-order valence-corrected chi connectivity index (χ2v) is 9.01. The molecule has 1 unspecified atom stereocenters. The maximum atomic E-state index is 13.5. The van der Waals surface area contributed by atoms with Crippen LogP contribution in [0, 0.1) is 0 Å². The number of aromatic nitrogens is 2. The van der Waals surface area contributed by atoms with Crippen LogP contribution in [0.5, 0.6) is 5.75 Å². The lowest BCUT2D eigenvalue weighted by Gasteiger charge is -2.24. The van der Waals surface area contributed by atoms with Gasteiger partial charge in [-0.05, 0) is 29.8 Å². The van der Waals surface area contributed by atoms with E-state index in [1.54, 1.807) is 23.9 Å². The minimum atomic E-state index is -0.303. The normalized spacial score (nSPS) is 15.5. The van der Waals surface area contributed by atoms with E-state index in [0.717, 1.165) is 22.6 Å². The van der Waals surface area contributed by atoms with Gasteiger partial charge in [0.05, 0.1) is 18.6 Å². The third kappa shape index (κ3) is 4.34. The molecule has 1 amide bonds. The van der Waals surface area contributed by atoms with Gasteiger partial charge < -0.3 is 9.64 Å². The van der Waals surface area contributed by atoms with Crippen molar-refractivity contribution in [1.82, 2.24) is 14.7 Å². The Bertz CT molecular complexity index is 1300. The fourth-order valence-electron chi connectivity index (χ4n) is 4.00. The summed E-state index contributed by atoms with van der Waals surface area (Å²) in [4.78, 5) is 28.2. The Hall–Kier alpha value is -3.84. The number of carbonyl (C=O) groups is 2. The van der Waals surface area contributed by atoms with E-state index in [9.17, 15) is 9.59 Å². The van der Waals surface area contributed by atoms with Gasteiger partial charge in [0.25, 0.3) is 0 Å². The molecule has 3 aromatic carbocycles. The lowest BCUT2D eigenvalue weighted by molar-refractivity contribution is -0.128. The molecule has 0 saturated carbocycles. The minimum absolute atomic E-state index is 0.0501. The molecule has 1 aromatic heterocycles. The summed E-state index contributed by atoms with van der Waals surface area (Å²) in [7, 11) is 1.62. The Kier molecular flexibility index (Phi) is 6.18. The van der Waals surface area contributed by atoms with E-state index in [-0.39, 0.29) is 17.1 Å². The van der Waals surface area contributed by atoms with E-state index in [0.29, 0.717) is 23.6 Å². The second kappa shape index (κ2) is 9.57. The van der Waals surface area contributed by atoms with Crippen molar-refractivity contribution >= 4 is 23.5 Å². The first-order chi connectivity index (χ1) is 16.6. The Morgan fingerprint density at radius 1 is 1.00 bits per heavy atom. The van der Waals surface area contributed by atoms with Gasteiger partial charge in [-0.1, -0.05) is 60.7 Å². The maximum Gasteiger partial charge on any atom is 0.234 e. The smallest absolute Gasteiger partial charge is 0.234 e. The van der Waals surface area contributed by atoms with Crippen molar-refractivity contribution in [3.8, 4) is 11.4 Å². The van der Waals surface area contributed by atoms with Gasteiger partial charge in [0, 0.05) is 23.9 Å². The number of rotatable bonds is 7. The zero-order chi connectivity index (χ0) is 23.5. The van der Waals surface area contributed by atoms with Gasteiger partial charge in [-0.15, -0.1) is 11.8 Å². The van der Waals surface area contributed by atoms with Crippen LogP contribution in [0.4, 0.5) is 0 Å². The summed E-state index contributed by atoms with van der Waals surface area (Å²) in [5.41, 5.74) is 3.50. The Labute approximate surface area is 202 Å². The van der Waals surface area contributed by atoms with Crippen molar-refractivity contribution in [2.24, 2.45) is 0 Å². The SMILES string of the molecule is COc1ccc(-n2cc(C3SCC(=O)N3Cc3ccccc3)c(C(=O)c3ccccc3)n2)cc1. The van der Waals surface area contributed by atoms with E-state index >= 15 is 0 Å². The van der Waals surface area contributed by atoms with Crippen LogP contribution in [0.15, 0.2) is 91.1 Å². The molecule has 1 aliphatic rings. The highest BCUT2D eigenvalue weighted by atomic mass is 32.2. The number of amides is 1. The molecule has 1 aliphatic heterocycles. The summed E-state index contributed by atoms with van der Waals surface area (Å²) in [6.07, 6.45) is 1.87. The average Bonchev–Trinajstić information content (AvgIpc) is 3.49. The zero-order valence-electron chi connectivity index (χ0n) is 18.6. The van der Waals surface area contributed by atoms with Gasteiger partial charge >= 0.3 is 0 Å². The Morgan fingerprint density at radius 3 is 2.35 bits per heavy atom. The van der Waals surface area contributed by atoms with Gasteiger partial charge in [0.2, 0.25) is 11.7 Å². The monoisotopic (exact) mass is 469 g/mol. The number of benzene rings is 3. The van der Waals surface area contributed by atoms with Crippen molar-refractivity contribution in [2.45, 2.75) is 11.9 Å². The molecule has 0 bridgehead atoms. The van der Waals surface area contributed by atoms with Gasteiger partial charge in [0.1, 0.15) is 16.8 Å². The number of ether oxygens (including phenoxy) is 1. The quantitative estimate of drug-likeness (QED) is 0.361. The largest absolute Gasteiger partial charge is 0.497 e. The standard InChI is InChI=1S/C27H23N3O3S/c1-33-22-14-12-21(13-15-22)30-17-23(25(28-30)26(32)20-10-6-3-7-11-20)27-29(24(31)18-34-27)16-19-8-4-2-5-9-19/h2-15,17,27H,16,18H2,1H3. The highest BCUT2D eigenvalue weighted by Crippen LogP contribution is 2.41. The summed E-state index contributed by atoms with van der Waals surface area (Å²) in [5, 5.41) is 4.40. The fourth-order valence-corrected chi connectivity index (χ4v) is 5.19. The van der Waals surface area contributed by atoms with Gasteiger partial charge in [-0.3, -0.25) is 9.59 Å². The van der Waals surface area contributed by atoms with Gasteiger partial charge in [0.15, 0.2) is 0 Å². The Morgan fingerprint density at radius 2 is 1.68 bits per heavy atom. The number of hydrogen-bond donors (Lipinski definition) is 0. The maximum absolute atomic E-state index is 13.5.